The van der Waals surface area contributed by atoms with Gasteiger partial charge >= 0.3 is 5.97 Å². The second-order valence-electron chi connectivity index (χ2n) is 6.66. The monoisotopic (exact) mass is 311 g/mol. The Hall–Kier alpha value is -1.14. The van der Waals surface area contributed by atoms with Crippen molar-refractivity contribution in [3.8, 4) is 0 Å². The quantitative estimate of drug-likeness (QED) is 0.787. The van der Waals surface area contributed by atoms with Crippen LogP contribution in [0.3, 0.4) is 0 Å². The Kier molecular flexibility index (Phi) is 4.68. The summed E-state index contributed by atoms with van der Waals surface area (Å²) >= 11 is 0. The molecule has 2 unspecified atom stereocenters. The minimum atomic E-state index is -1.38. The molecule has 0 bridgehead atoms. The van der Waals surface area contributed by atoms with Crippen LogP contribution in [0.4, 0.5) is 0 Å². The number of ether oxygens (including phenoxy) is 2. The second-order valence-corrected chi connectivity index (χ2v) is 6.66. The summed E-state index contributed by atoms with van der Waals surface area (Å²) in [5.41, 5.74) is -1.38. The molecule has 2 saturated carbocycles. The van der Waals surface area contributed by atoms with Crippen molar-refractivity contribution in [3.63, 3.8) is 0 Å². The predicted molar refractivity (Wildman–Crippen MR) is 78.1 cm³/mol. The molecule has 0 aromatic heterocycles. The van der Waals surface area contributed by atoms with Gasteiger partial charge < -0.3 is 19.5 Å². The number of amides is 1. The first kappa shape index (κ1) is 15.7. The molecule has 3 rings (SSSR count). The zero-order valence-corrected chi connectivity index (χ0v) is 13.0. The lowest BCUT2D eigenvalue weighted by atomic mass is 9.90. The lowest BCUT2D eigenvalue weighted by Gasteiger charge is -2.43. The van der Waals surface area contributed by atoms with Crippen LogP contribution in [0.1, 0.15) is 51.4 Å². The van der Waals surface area contributed by atoms with E-state index < -0.39 is 11.6 Å². The Morgan fingerprint density at radius 1 is 1.18 bits per heavy atom. The summed E-state index contributed by atoms with van der Waals surface area (Å²) in [4.78, 5) is 26.2. The van der Waals surface area contributed by atoms with E-state index in [1.165, 1.54) is 0 Å². The molecule has 0 spiro atoms. The molecule has 6 heteroatoms. The van der Waals surface area contributed by atoms with Crippen molar-refractivity contribution in [1.82, 2.24) is 4.90 Å². The van der Waals surface area contributed by atoms with Crippen molar-refractivity contribution < 1.29 is 24.2 Å². The number of fused-ring (bicyclic) bond motifs is 1. The van der Waals surface area contributed by atoms with Gasteiger partial charge in [0.15, 0.2) is 12.2 Å². The van der Waals surface area contributed by atoms with Crippen molar-refractivity contribution in [2.45, 2.75) is 69.1 Å². The first-order valence-electron chi connectivity index (χ1n) is 8.41. The lowest BCUT2D eigenvalue weighted by Crippen LogP contribution is -2.56. The second kappa shape index (κ2) is 6.54. The van der Waals surface area contributed by atoms with Crippen LogP contribution < -0.4 is 0 Å². The standard InChI is InChI=1S/C16H25NO5/c18-14(11-22-15(19)16(20)7-3-4-8-16)17-9-10-21-13-6-2-1-5-12(13)17/h12-13,20H,1-11H2. The van der Waals surface area contributed by atoms with Crippen LogP contribution >= 0.6 is 0 Å². The molecule has 124 valence electrons. The minimum Gasteiger partial charge on any atom is -0.453 e. The van der Waals surface area contributed by atoms with Gasteiger partial charge in [-0.25, -0.2) is 4.79 Å². The van der Waals surface area contributed by atoms with Gasteiger partial charge in [0.05, 0.1) is 18.8 Å². The third kappa shape index (κ3) is 3.13. The summed E-state index contributed by atoms with van der Waals surface area (Å²) in [5, 5.41) is 10.2. The fourth-order valence-electron chi connectivity index (χ4n) is 3.91. The summed E-state index contributed by atoms with van der Waals surface area (Å²) < 4.78 is 10.8. The highest BCUT2D eigenvalue weighted by Crippen LogP contribution is 2.31. The molecule has 1 heterocycles. The van der Waals surface area contributed by atoms with Gasteiger partial charge in [-0.3, -0.25) is 4.79 Å². The van der Waals surface area contributed by atoms with Crippen LogP contribution in [0, 0.1) is 0 Å². The molecule has 1 aliphatic heterocycles. The van der Waals surface area contributed by atoms with Crippen LogP contribution in [-0.4, -0.2) is 59.4 Å². The molecule has 0 radical (unpaired) electrons. The maximum Gasteiger partial charge on any atom is 0.338 e. The molecule has 2 atom stereocenters. The molecule has 22 heavy (non-hydrogen) atoms. The van der Waals surface area contributed by atoms with E-state index in [0.29, 0.717) is 26.0 Å². The zero-order chi connectivity index (χ0) is 15.6. The number of hydrogen-bond acceptors (Lipinski definition) is 5. The van der Waals surface area contributed by atoms with Gasteiger partial charge in [0.1, 0.15) is 0 Å². The molecular weight excluding hydrogens is 286 g/mol. The van der Waals surface area contributed by atoms with Crippen molar-refractivity contribution in [2.24, 2.45) is 0 Å². The van der Waals surface area contributed by atoms with Gasteiger partial charge in [-0.1, -0.05) is 12.8 Å². The Balaban J connectivity index is 1.53. The lowest BCUT2D eigenvalue weighted by molar-refractivity contribution is -0.172. The highest BCUT2D eigenvalue weighted by atomic mass is 16.6. The van der Waals surface area contributed by atoms with Crippen LogP contribution in [0.25, 0.3) is 0 Å². The van der Waals surface area contributed by atoms with Crippen LogP contribution in [-0.2, 0) is 19.1 Å². The van der Waals surface area contributed by atoms with E-state index in [-0.39, 0.29) is 24.7 Å². The van der Waals surface area contributed by atoms with Crippen LogP contribution in [0.2, 0.25) is 0 Å². The van der Waals surface area contributed by atoms with Gasteiger partial charge in [0.25, 0.3) is 5.91 Å². The Labute approximate surface area is 130 Å². The Morgan fingerprint density at radius 2 is 1.91 bits per heavy atom. The number of carbonyl (C=O) groups excluding carboxylic acids is 2. The maximum atomic E-state index is 12.4. The number of morpholine rings is 1. The fraction of sp³-hybridized carbons (Fsp3) is 0.875. The van der Waals surface area contributed by atoms with E-state index in [4.69, 9.17) is 9.47 Å². The molecule has 1 N–H and O–H groups in total. The van der Waals surface area contributed by atoms with Gasteiger partial charge in [-0.15, -0.1) is 0 Å². The summed E-state index contributed by atoms with van der Waals surface area (Å²) in [6.45, 7) is 0.830. The molecule has 6 nitrogen and oxygen atoms in total. The van der Waals surface area contributed by atoms with Crippen molar-refractivity contribution in [1.29, 1.82) is 0 Å². The Bertz CT molecular complexity index is 430. The van der Waals surface area contributed by atoms with E-state index in [1.54, 1.807) is 4.90 Å². The number of nitrogens with zero attached hydrogens (tertiary/aromatic N) is 1. The molecular formula is C16H25NO5. The SMILES string of the molecule is O=C(COC(=O)C1(O)CCCC1)N1CCOC2CCCCC21. The van der Waals surface area contributed by atoms with Crippen molar-refractivity contribution in [3.05, 3.63) is 0 Å². The zero-order valence-electron chi connectivity index (χ0n) is 13.0. The smallest absolute Gasteiger partial charge is 0.338 e. The summed E-state index contributed by atoms with van der Waals surface area (Å²) in [5.74, 6) is -0.818. The van der Waals surface area contributed by atoms with Gasteiger partial charge in [0, 0.05) is 6.54 Å². The van der Waals surface area contributed by atoms with E-state index in [9.17, 15) is 14.7 Å². The molecule has 2 aliphatic carbocycles. The normalized spacial score (nSPS) is 30.7. The highest BCUT2D eigenvalue weighted by Gasteiger charge is 2.41. The van der Waals surface area contributed by atoms with E-state index in [1.807, 2.05) is 0 Å². The number of rotatable bonds is 3. The number of esters is 1. The molecule has 1 amide bonds. The van der Waals surface area contributed by atoms with E-state index >= 15 is 0 Å². The third-order valence-electron chi connectivity index (χ3n) is 5.19. The molecule has 1 saturated heterocycles. The average Bonchev–Trinajstić information content (AvgIpc) is 2.99. The number of aliphatic hydroxyl groups is 1. The topological polar surface area (TPSA) is 76.1 Å². The average molecular weight is 311 g/mol. The van der Waals surface area contributed by atoms with Gasteiger partial charge in [-0.2, -0.15) is 0 Å². The van der Waals surface area contributed by atoms with Crippen molar-refractivity contribution in [2.75, 3.05) is 19.8 Å². The fourth-order valence-corrected chi connectivity index (χ4v) is 3.91. The molecule has 0 aromatic rings. The molecule has 3 aliphatic rings. The first-order valence-corrected chi connectivity index (χ1v) is 8.41. The van der Waals surface area contributed by atoms with Gasteiger partial charge in [0.2, 0.25) is 0 Å². The predicted octanol–water partition coefficient (Wildman–Crippen LogP) is 1.00. The summed E-state index contributed by atoms with van der Waals surface area (Å²) in [6, 6.07) is 0.114. The Morgan fingerprint density at radius 3 is 2.68 bits per heavy atom. The van der Waals surface area contributed by atoms with Crippen molar-refractivity contribution >= 4 is 11.9 Å². The van der Waals surface area contributed by atoms with Gasteiger partial charge in [-0.05, 0) is 38.5 Å². The van der Waals surface area contributed by atoms with E-state index in [0.717, 1.165) is 38.5 Å². The first-order chi connectivity index (χ1) is 10.6. The minimum absolute atomic E-state index is 0.114. The number of carbonyl (C=O) groups is 2. The third-order valence-corrected chi connectivity index (χ3v) is 5.19. The maximum absolute atomic E-state index is 12.4. The van der Waals surface area contributed by atoms with E-state index in [2.05, 4.69) is 0 Å². The van der Waals surface area contributed by atoms with Crippen LogP contribution in [0.5, 0.6) is 0 Å². The largest absolute Gasteiger partial charge is 0.453 e. The molecule has 3 fully saturated rings. The van der Waals surface area contributed by atoms with Crippen LogP contribution in [0.15, 0.2) is 0 Å². The summed E-state index contributed by atoms with van der Waals surface area (Å²) in [7, 11) is 0. The highest BCUT2D eigenvalue weighted by molar-refractivity contribution is 5.84. The summed E-state index contributed by atoms with van der Waals surface area (Å²) in [6.07, 6.45) is 6.84. The molecule has 0 aromatic carbocycles. The number of hydrogen-bond donors (Lipinski definition) is 1.